The third-order valence-electron chi connectivity index (χ3n) is 3.07. The number of benzene rings is 2. The minimum Gasteiger partial charge on any atom is -0.306 e. The van der Waals surface area contributed by atoms with E-state index < -0.39 is 5.69 Å². The number of nitrogens with one attached hydrogen (secondary N) is 1. The molecule has 2 aromatic carbocycles. The summed E-state index contributed by atoms with van der Waals surface area (Å²) in [6.45, 7) is 1.92. The van der Waals surface area contributed by atoms with Crippen molar-refractivity contribution in [3.8, 4) is 5.69 Å². The molecule has 0 aliphatic carbocycles. The van der Waals surface area contributed by atoms with E-state index in [2.05, 4.69) is 4.98 Å². The van der Waals surface area contributed by atoms with Crippen LogP contribution in [0.15, 0.2) is 58.1 Å². The Balaban J connectivity index is 2.43. The van der Waals surface area contributed by atoms with Crippen LogP contribution in [-0.4, -0.2) is 9.55 Å². The van der Waals surface area contributed by atoms with Gasteiger partial charge in [-0.05, 0) is 36.8 Å². The summed E-state index contributed by atoms with van der Waals surface area (Å²) in [6.07, 6.45) is 0. The molecule has 0 atom stereocenters. The van der Waals surface area contributed by atoms with Gasteiger partial charge < -0.3 is 4.98 Å². The summed E-state index contributed by atoms with van der Waals surface area (Å²) in [7, 11) is 0. The molecule has 4 heteroatoms. The second-order valence-corrected chi connectivity index (χ2v) is 4.46. The maximum Gasteiger partial charge on any atom is 0.333 e. The van der Waals surface area contributed by atoms with E-state index in [0.717, 1.165) is 10.1 Å². The number of hydrogen-bond acceptors (Lipinski definition) is 2. The molecule has 0 amide bonds. The smallest absolute Gasteiger partial charge is 0.306 e. The SMILES string of the molecule is Cc1ccc2c(=O)n(-c3ccccc3)c(=O)[nH]c2c1. The second-order valence-electron chi connectivity index (χ2n) is 4.46. The molecule has 1 aromatic heterocycles. The first-order chi connectivity index (χ1) is 9.16. The molecule has 0 unspecified atom stereocenters. The Labute approximate surface area is 109 Å². The van der Waals surface area contributed by atoms with Crippen LogP contribution in [0.3, 0.4) is 0 Å². The highest BCUT2D eigenvalue weighted by atomic mass is 16.2. The summed E-state index contributed by atoms with van der Waals surface area (Å²) in [6, 6.07) is 14.3. The molecule has 3 aromatic rings. The lowest BCUT2D eigenvalue weighted by molar-refractivity contribution is 0.901. The molecule has 94 valence electrons. The number of H-pyrrole nitrogens is 1. The molecule has 1 heterocycles. The maximum absolute atomic E-state index is 12.4. The van der Waals surface area contributed by atoms with Crippen molar-refractivity contribution in [1.82, 2.24) is 9.55 Å². The molecule has 1 N–H and O–H groups in total. The van der Waals surface area contributed by atoms with Crippen LogP contribution in [0.5, 0.6) is 0 Å². The number of para-hydroxylation sites is 1. The topological polar surface area (TPSA) is 54.9 Å². The van der Waals surface area contributed by atoms with Crippen molar-refractivity contribution in [3.63, 3.8) is 0 Å². The summed E-state index contributed by atoms with van der Waals surface area (Å²) in [5, 5.41) is 0.508. The molecule has 3 rings (SSSR count). The van der Waals surface area contributed by atoms with Gasteiger partial charge in [-0.1, -0.05) is 24.3 Å². The quantitative estimate of drug-likeness (QED) is 0.720. The molecule has 0 saturated carbocycles. The summed E-state index contributed by atoms with van der Waals surface area (Å²) < 4.78 is 1.15. The van der Waals surface area contributed by atoms with Crippen molar-refractivity contribution < 1.29 is 0 Å². The van der Waals surface area contributed by atoms with Crippen molar-refractivity contribution in [3.05, 3.63) is 74.9 Å². The Morgan fingerprint density at radius 2 is 1.74 bits per heavy atom. The zero-order valence-corrected chi connectivity index (χ0v) is 10.4. The number of fused-ring (bicyclic) bond motifs is 1. The average molecular weight is 252 g/mol. The molecule has 0 spiro atoms. The minimum atomic E-state index is -0.422. The second kappa shape index (κ2) is 4.24. The molecule has 0 aliphatic rings. The number of aryl methyl sites for hydroxylation is 1. The molecular formula is C15H12N2O2. The largest absolute Gasteiger partial charge is 0.333 e. The third-order valence-corrected chi connectivity index (χ3v) is 3.07. The highest BCUT2D eigenvalue weighted by Crippen LogP contribution is 2.09. The van der Waals surface area contributed by atoms with Gasteiger partial charge in [0.25, 0.3) is 5.56 Å². The normalized spacial score (nSPS) is 10.8. The lowest BCUT2D eigenvalue weighted by Gasteiger charge is -2.06. The van der Waals surface area contributed by atoms with Crippen LogP contribution in [0.4, 0.5) is 0 Å². The molecule has 0 radical (unpaired) electrons. The predicted molar refractivity (Wildman–Crippen MR) is 74.9 cm³/mol. The summed E-state index contributed by atoms with van der Waals surface area (Å²) in [4.78, 5) is 27.2. The molecule has 0 bridgehead atoms. The van der Waals surface area contributed by atoms with Gasteiger partial charge in [0.05, 0.1) is 16.6 Å². The molecule has 0 aliphatic heterocycles. The monoisotopic (exact) mass is 252 g/mol. The summed E-state index contributed by atoms with van der Waals surface area (Å²) in [5.74, 6) is 0. The van der Waals surface area contributed by atoms with E-state index in [1.54, 1.807) is 36.4 Å². The van der Waals surface area contributed by atoms with Crippen molar-refractivity contribution >= 4 is 10.9 Å². The zero-order valence-electron chi connectivity index (χ0n) is 10.4. The Kier molecular flexibility index (Phi) is 2.56. The van der Waals surface area contributed by atoms with E-state index >= 15 is 0 Å². The molecule has 0 saturated heterocycles. The number of nitrogens with zero attached hydrogens (tertiary/aromatic N) is 1. The van der Waals surface area contributed by atoms with Crippen LogP contribution in [0.25, 0.3) is 16.6 Å². The lowest BCUT2D eigenvalue weighted by Crippen LogP contribution is -2.33. The summed E-state index contributed by atoms with van der Waals surface area (Å²) >= 11 is 0. The van der Waals surface area contributed by atoms with E-state index in [0.29, 0.717) is 16.6 Å². The maximum atomic E-state index is 12.4. The number of aromatic amines is 1. The minimum absolute atomic E-state index is 0.301. The first kappa shape index (κ1) is 11.5. The Morgan fingerprint density at radius 1 is 1.00 bits per heavy atom. The Bertz CT molecular complexity index is 861. The first-order valence-electron chi connectivity index (χ1n) is 5.98. The van der Waals surface area contributed by atoms with Crippen LogP contribution in [0.2, 0.25) is 0 Å². The van der Waals surface area contributed by atoms with Crippen LogP contribution < -0.4 is 11.2 Å². The van der Waals surface area contributed by atoms with E-state index in [-0.39, 0.29) is 5.56 Å². The van der Waals surface area contributed by atoms with E-state index in [9.17, 15) is 9.59 Å². The van der Waals surface area contributed by atoms with Gasteiger partial charge >= 0.3 is 5.69 Å². The van der Waals surface area contributed by atoms with Crippen molar-refractivity contribution in [2.75, 3.05) is 0 Å². The van der Waals surface area contributed by atoms with Gasteiger partial charge in [-0.15, -0.1) is 0 Å². The van der Waals surface area contributed by atoms with Crippen LogP contribution in [0.1, 0.15) is 5.56 Å². The molecular weight excluding hydrogens is 240 g/mol. The van der Waals surface area contributed by atoms with Gasteiger partial charge in [-0.3, -0.25) is 4.79 Å². The fourth-order valence-electron chi connectivity index (χ4n) is 2.14. The predicted octanol–water partition coefficient (Wildman–Crippen LogP) is 1.99. The molecule has 19 heavy (non-hydrogen) atoms. The van der Waals surface area contributed by atoms with Gasteiger partial charge in [0.2, 0.25) is 0 Å². The number of hydrogen-bond donors (Lipinski definition) is 1. The van der Waals surface area contributed by atoms with Gasteiger partial charge in [0.15, 0.2) is 0 Å². The van der Waals surface area contributed by atoms with Gasteiger partial charge in [-0.2, -0.15) is 0 Å². The highest BCUT2D eigenvalue weighted by molar-refractivity contribution is 5.78. The van der Waals surface area contributed by atoms with E-state index in [1.807, 2.05) is 19.1 Å². The highest BCUT2D eigenvalue weighted by Gasteiger charge is 2.08. The fourth-order valence-corrected chi connectivity index (χ4v) is 2.14. The fraction of sp³-hybridized carbons (Fsp3) is 0.0667. The van der Waals surface area contributed by atoms with E-state index in [1.165, 1.54) is 0 Å². The Morgan fingerprint density at radius 3 is 2.47 bits per heavy atom. The lowest BCUT2D eigenvalue weighted by atomic mass is 10.2. The number of rotatable bonds is 1. The van der Waals surface area contributed by atoms with Gasteiger partial charge in [-0.25, -0.2) is 9.36 Å². The van der Waals surface area contributed by atoms with Crippen LogP contribution >= 0.6 is 0 Å². The van der Waals surface area contributed by atoms with Crippen LogP contribution in [-0.2, 0) is 0 Å². The number of aromatic nitrogens is 2. The van der Waals surface area contributed by atoms with Gasteiger partial charge in [0.1, 0.15) is 0 Å². The first-order valence-corrected chi connectivity index (χ1v) is 5.98. The van der Waals surface area contributed by atoms with Gasteiger partial charge in [0, 0.05) is 0 Å². The third kappa shape index (κ3) is 1.87. The van der Waals surface area contributed by atoms with E-state index in [4.69, 9.17) is 0 Å². The van der Waals surface area contributed by atoms with Crippen molar-refractivity contribution in [2.24, 2.45) is 0 Å². The summed E-state index contributed by atoms with van der Waals surface area (Å²) in [5.41, 5.74) is 1.41. The zero-order chi connectivity index (χ0) is 13.4. The van der Waals surface area contributed by atoms with Crippen LogP contribution in [0, 0.1) is 6.92 Å². The van der Waals surface area contributed by atoms with Crippen molar-refractivity contribution in [1.29, 1.82) is 0 Å². The van der Waals surface area contributed by atoms with Crippen molar-refractivity contribution in [2.45, 2.75) is 6.92 Å². The Hall–Kier alpha value is -2.62. The molecule has 0 fully saturated rings. The average Bonchev–Trinajstić information content (AvgIpc) is 2.39. The standard InChI is InChI=1S/C15H12N2O2/c1-10-7-8-12-13(9-10)16-15(19)17(14(12)18)11-5-3-2-4-6-11/h2-9H,1H3,(H,16,19). The molecule has 4 nitrogen and oxygen atoms in total.